The molecule has 0 radical (unpaired) electrons. The largest absolute Gasteiger partial charge is 0.462 e. The van der Waals surface area contributed by atoms with Crippen LogP contribution in [0.25, 0.3) is 0 Å². The van der Waals surface area contributed by atoms with Gasteiger partial charge >= 0.3 is 5.97 Å². The molecule has 3 atom stereocenters. The summed E-state index contributed by atoms with van der Waals surface area (Å²) in [4.78, 5) is 12.2. The van der Waals surface area contributed by atoms with Gasteiger partial charge in [-0.05, 0) is 53.0 Å². The molecule has 1 rings (SSSR count). The number of ether oxygens (including phenoxy) is 2. The van der Waals surface area contributed by atoms with Crippen LogP contribution in [0.4, 0.5) is 0 Å². The van der Waals surface area contributed by atoms with Crippen LogP contribution < -0.4 is 5.32 Å². The molecule has 0 saturated carbocycles. The van der Waals surface area contributed by atoms with Gasteiger partial charge < -0.3 is 14.8 Å². The lowest BCUT2D eigenvalue weighted by Gasteiger charge is -2.38. The molecule has 0 aliphatic carbocycles. The van der Waals surface area contributed by atoms with E-state index < -0.39 is 21.7 Å². The van der Waals surface area contributed by atoms with E-state index in [0.717, 1.165) is 25.8 Å². The van der Waals surface area contributed by atoms with Crippen molar-refractivity contribution in [3.8, 4) is 0 Å². The van der Waals surface area contributed by atoms with Crippen molar-refractivity contribution in [3.63, 3.8) is 0 Å². The molecule has 1 fully saturated rings. The van der Waals surface area contributed by atoms with Crippen LogP contribution >= 0.6 is 0 Å². The van der Waals surface area contributed by atoms with Gasteiger partial charge in [-0.3, -0.25) is 4.79 Å². The van der Waals surface area contributed by atoms with E-state index >= 15 is 0 Å². The topological polar surface area (TPSA) is 84.9 Å². The van der Waals surface area contributed by atoms with Crippen molar-refractivity contribution in [1.82, 2.24) is 9.62 Å². The summed E-state index contributed by atoms with van der Waals surface area (Å²) in [6.07, 6.45) is 3.85. The highest BCUT2D eigenvalue weighted by Crippen LogP contribution is 2.23. The first-order chi connectivity index (χ1) is 12.0. The third-order valence-electron chi connectivity index (χ3n) is 5.07. The van der Waals surface area contributed by atoms with Crippen molar-refractivity contribution in [2.45, 2.75) is 84.1 Å². The van der Waals surface area contributed by atoms with Gasteiger partial charge in [0.2, 0.25) is 10.0 Å². The second kappa shape index (κ2) is 10.0. The summed E-state index contributed by atoms with van der Waals surface area (Å²) in [5, 5.41) is 3.11. The number of carbonyl (C=O) groups is 1. The maximum Gasteiger partial charge on any atom is 0.323 e. The Hall–Kier alpha value is -0.700. The Morgan fingerprint density at radius 2 is 2.00 bits per heavy atom. The Kier molecular flexibility index (Phi) is 8.99. The van der Waals surface area contributed by atoms with E-state index in [1.807, 2.05) is 34.6 Å². The average Bonchev–Trinajstić information content (AvgIpc) is 3.09. The number of hydrogen-bond donors (Lipinski definition) is 1. The van der Waals surface area contributed by atoms with E-state index in [1.54, 1.807) is 0 Å². The van der Waals surface area contributed by atoms with E-state index in [1.165, 1.54) is 10.6 Å². The first-order valence-electron chi connectivity index (χ1n) is 9.54. The van der Waals surface area contributed by atoms with E-state index in [-0.39, 0.29) is 31.3 Å². The summed E-state index contributed by atoms with van der Waals surface area (Å²) in [6.45, 7) is 10.7. The first kappa shape index (κ1) is 23.3. The van der Waals surface area contributed by atoms with Crippen LogP contribution in [0.1, 0.15) is 60.3 Å². The van der Waals surface area contributed by atoms with E-state index in [4.69, 9.17) is 9.47 Å². The number of sulfonamides is 1. The van der Waals surface area contributed by atoms with Crippen LogP contribution in [0.15, 0.2) is 0 Å². The minimum Gasteiger partial charge on any atom is -0.462 e. The molecule has 1 N–H and O–H groups in total. The summed E-state index contributed by atoms with van der Waals surface area (Å²) >= 11 is 0. The van der Waals surface area contributed by atoms with Crippen LogP contribution in [0.3, 0.4) is 0 Å². The number of carbonyl (C=O) groups excluding carboxylic acids is 1. The van der Waals surface area contributed by atoms with E-state index in [9.17, 15) is 13.2 Å². The predicted octanol–water partition coefficient (Wildman–Crippen LogP) is 1.92. The molecule has 1 aliphatic rings. The fourth-order valence-corrected chi connectivity index (χ4v) is 4.38. The smallest absolute Gasteiger partial charge is 0.323 e. The van der Waals surface area contributed by atoms with Crippen molar-refractivity contribution in [2.75, 3.05) is 26.0 Å². The summed E-state index contributed by atoms with van der Waals surface area (Å²) in [7, 11) is -3.43. The van der Waals surface area contributed by atoms with Gasteiger partial charge in [0.1, 0.15) is 18.8 Å². The van der Waals surface area contributed by atoms with E-state index in [2.05, 4.69) is 5.32 Å². The third kappa shape index (κ3) is 7.13. The molecule has 8 heteroatoms. The summed E-state index contributed by atoms with van der Waals surface area (Å²) in [5.74, 6) is -0.291. The van der Waals surface area contributed by atoms with Crippen LogP contribution in [-0.4, -0.2) is 68.4 Å². The Morgan fingerprint density at radius 3 is 2.46 bits per heavy atom. The highest BCUT2D eigenvalue weighted by molar-refractivity contribution is 7.88. The maximum atomic E-state index is 12.3. The molecule has 1 saturated heterocycles. The monoisotopic (exact) mass is 392 g/mol. The van der Waals surface area contributed by atoms with Crippen molar-refractivity contribution < 1.29 is 22.7 Å². The van der Waals surface area contributed by atoms with Crippen molar-refractivity contribution in [1.29, 1.82) is 0 Å². The fraction of sp³-hybridized carbons (Fsp3) is 0.944. The molecule has 0 aromatic rings. The Balaban J connectivity index is 2.84. The summed E-state index contributed by atoms with van der Waals surface area (Å²) in [6, 6.07) is -0.266. The molecule has 0 aromatic carbocycles. The van der Waals surface area contributed by atoms with Crippen molar-refractivity contribution in [2.24, 2.45) is 0 Å². The van der Waals surface area contributed by atoms with Crippen molar-refractivity contribution in [3.05, 3.63) is 0 Å². The molecule has 0 aromatic heterocycles. The van der Waals surface area contributed by atoms with Crippen LogP contribution in [-0.2, 0) is 24.3 Å². The van der Waals surface area contributed by atoms with Gasteiger partial charge in [-0.1, -0.05) is 13.8 Å². The highest BCUT2D eigenvalue weighted by Gasteiger charge is 2.35. The Bertz CT molecular complexity index is 544. The van der Waals surface area contributed by atoms with Gasteiger partial charge in [0.05, 0.1) is 12.4 Å². The van der Waals surface area contributed by atoms with Gasteiger partial charge in [0.25, 0.3) is 0 Å². The molecule has 7 nitrogen and oxygen atoms in total. The standard InChI is InChI=1S/C18H36N2O5S/c1-7-14(3)25-15(13-24-17(21)16-10-9-11-19-16)12-20(26(6,22)23)18(4,5)8-2/h14-16,19H,7-13H2,1-6H3/t14-,15-,16-/m0/s1. The number of nitrogens with one attached hydrogen (secondary N) is 1. The molecular formula is C18H36N2O5S. The van der Waals surface area contributed by atoms with Crippen LogP contribution in [0.2, 0.25) is 0 Å². The molecule has 1 aliphatic heterocycles. The number of rotatable bonds is 11. The average molecular weight is 393 g/mol. The molecule has 0 spiro atoms. The molecule has 0 unspecified atom stereocenters. The lowest BCUT2D eigenvalue weighted by molar-refractivity contribution is -0.152. The van der Waals surface area contributed by atoms with Crippen LogP contribution in [0, 0.1) is 0 Å². The minimum absolute atomic E-state index is 0.0468. The molecule has 0 bridgehead atoms. The number of esters is 1. The predicted molar refractivity (Wildman–Crippen MR) is 103 cm³/mol. The SMILES string of the molecule is CC[C@H](C)O[C@H](COC(=O)[C@@H]1CCCN1)CN(C(C)(C)CC)S(C)(=O)=O. The molecule has 1 heterocycles. The minimum atomic E-state index is -3.43. The van der Waals surface area contributed by atoms with Gasteiger partial charge in [-0.2, -0.15) is 4.31 Å². The van der Waals surface area contributed by atoms with Crippen LogP contribution in [0.5, 0.6) is 0 Å². The molecule has 0 amide bonds. The summed E-state index contributed by atoms with van der Waals surface area (Å²) in [5.41, 5.74) is -0.540. The van der Waals surface area contributed by atoms with Gasteiger partial charge in [-0.25, -0.2) is 8.42 Å². The molecule has 154 valence electrons. The Labute approximate surface area is 158 Å². The van der Waals surface area contributed by atoms with Gasteiger partial charge in [0.15, 0.2) is 0 Å². The fourth-order valence-electron chi connectivity index (χ4n) is 2.91. The molecular weight excluding hydrogens is 356 g/mol. The number of nitrogens with zero attached hydrogens (tertiary/aromatic N) is 1. The Morgan fingerprint density at radius 1 is 1.35 bits per heavy atom. The zero-order valence-electron chi connectivity index (χ0n) is 17.1. The highest BCUT2D eigenvalue weighted by atomic mass is 32.2. The lowest BCUT2D eigenvalue weighted by atomic mass is 10.0. The zero-order chi connectivity index (χ0) is 20.0. The zero-order valence-corrected chi connectivity index (χ0v) is 17.9. The second-order valence-electron chi connectivity index (χ2n) is 7.72. The maximum absolute atomic E-state index is 12.3. The second-order valence-corrected chi connectivity index (χ2v) is 9.62. The van der Waals surface area contributed by atoms with E-state index in [0.29, 0.717) is 6.42 Å². The first-order valence-corrected chi connectivity index (χ1v) is 11.4. The van der Waals surface area contributed by atoms with Gasteiger partial charge in [0, 0.05) is 12.1 Å². The lowest BCUT2D eigenvalue weighted by Crippen LogP contribution is -2.51. The molecule has 26 heavy (non-hydrogen) atoms. The normalized spacial score (nSPS) is 21.0. The van der Waals surface area contributed by atoms with Gasteiger partial charge in [-0.15, -0.1) is 0 Å². The van der Waals surface area contributed by atoms with Crippen molar-refractivity contribution >= 4 is 16.0 Å². The number of hydrogen-bond acceptors (Lipinski definition) is 6. The summed E-state index contributed by atoms with van der Waals surface area (Å²) < 4.78 is 37.5. The third-order valence-corrected chi connectivity index (χ3v) is 6.51. The quantitative estimate of drug-likeness (QED) is 0.541.